The van der Waals surface area contributed by atoms with E-state index in [1.54, 1.807) is 38.1 Å². The van der Waals surface area contributed by atoms with Crippen LogP contribution in [0.2, 0.25) is 5.02 Å². The molecule has 1 N–H and O–H groups in total. The second-order valence-electron chi connectivity index (χ2n) is 8.38. The average Bonchev–Trinajstić information content (AvgIpc) is 2.87. The number of hydrogen-bond acceptors (Lipinski definition) is 4. The first kappa shape index (κ1) is 27.2. The lowest BCUT2D eigenvalue weighted by Gasteiger charge is -2.32. The molecule has 0 aromatic heterocycles. The van der Waals surface area contributed by atoms with E-state index >= 15 is 0 Å². The van der Waals surface area contributed by atoms with Gasteiger partial charge in [-0.1, -0.05) is 59.6 Å². The van der Waals surface area contributed by atoms with Crippen LogP contribution in [0.5, 0.6) is 0 Å². The number of anilines is 1. The number of likely N-dealkylation sites (N-methyl/N-ethyl adjacent to an activating group) is 1. The summed E-state index contributed by atoms with van der Waals surface area (Å²) in [6, 6.07) is 21.1. The molecule has 0 radical (unpaired) electrons. The summed E-state index contributed by atoms with van der Waals surface area (Å²) in [4.78, 5) is 27.8. The van der Waals surface area contributed by atoms with E-state index in [1.165, 1.54) is 29.2 Å². The molecule has 3 aromatic carbocycles. The molecule has 190 valence electrons. The number of aryl methyl sites for hydroxylation is 1. The fourth-order valence-electron chi connectivity index (χ4n) is 3.66. The van der Waals surface area contributed by atoms with Gasteiger partial charge in [-0.25, -0.2) is 8.42 Å². The van der Waals surface area contributed by atoms with E-state index in [1.807, 2.05) is 37.3 Å². The highest BCUT2D eigenvalue weighted by Gasteiger charge is 2.32. The zero-order valence-corrected chi connectivity index (χ0v) is 22.1. The maximum absolute atomic E-state index is 13.7. The Bertz CT molecular complexity index is 1280. The Hall–Kier alpha value is -3.36. The number of sulfonamides is 1. The van der Waals surface area contributed by atoms with E-state index in [4.69, 9.17) is 11.6 Å². The third kappa shape index (κ3) is 6.65. The highest BCUT2D eigenvalue weighted by atomic mass is 35.5. The fourth-order valence-corrected chi connectivity index (χ4v) is 5.20. The van der Waals surface area contributed by atoms with E-state index in [2.05, 4.69) is 5.32 Å². The van der Waals surface area contributed by atoms with Crippen molar-refractivity contribution in [3.63, 3.8) is 0 Å². The molecular formula is C27H30ClN3O4S. The summed E-state index contributed by atoms with van der Waals surface area (Å²) < 4.78 is 28.4. The van der Waals surface area contributed by atoms with Gasteiger partial charge >= 0.3 is 0 Å². The number of halogens is 1. The van der Waals surface area contributed by atoms with Gasteiger partial charge in [-0.15, -0.1) is 0 Å². The summed E-state index contributed by atoms with van der Waals surface area (Å²) in [5.74, 6) is -0.819. The molecule has 0 aliphatic carbocycles. The SMILES string of the molecule is CCNC(=O)[C@H](C)N(Cc1ccccc1)C(=O)CN(c1ccc(C)cc1)S(=O)(=O)c1ccc(Cl)cc1. The minimum absolute atomic E-state index is 0.00617. The van der Waals surface area contributed by atoms with Crippen LogP contribution in [-0.2, 0) is 26.2 Å². The zero-order chi connectivity index (χ0) is 26.3. The van der Waals surface area contributed by atoms with Gasteiger partial charge < -0.3 is 10.2 Å². The van der Waals surface area contributed by atoms with Crippen LogP contribution in [0.15, 0.2) is 83.8 Å². The molecule has 0 aliphatic rings. The minimum atomic E-state index is -4.11. The number of carbonyl (C=O) groups is 2. The molecule has 3 rings (SSSR count). The number of nitrogens with one attached hydrogen (secondary N) is 1. The second-order valence-corrected chi connectivity index (χ2v) is 10.7. The van der Waals surface area contributed by atoms with Gasteiger partial charge in [-0.3, -0.25) is 13.9 Å². The highest BCUT2D eigenvalue weighted by molar-refractivity contribution is 7.92. The van der Waals surface area contributed by atoms with Crippen molar-refractivity contribution < 1.29 is 18.0 Å². The summed E-state index contributed by atoms with van der Waals surface area (Å²) in [6.07, 6.45) is 0. The molecule has 7 nitrogen and oxygen atoms in total. The van der Waals surface area contributed by atoms with Crippen molar-refractivity contribution in [3.05, 3.63) is 95.0 Å². The molecule has 9 heteroatoms. The number of nitrogens with zero attached hydrogens (tertiary/aromatic N) is 2. The monoisotopic (exact) mass is 527 g/mol. The number of amides is 2. The maximum Gasteiger partial charge on any atom is 0.264 e. The number of benzene rings is 3. The molecule has 0 unspecified atom stereocenters. The van der Waals surface area contributed by atoms with E-state index < -0.39 is 28.5 Å². The lowest BCUT2D eigenvalue weighted by Crippen LogP contribution is -2.51. The topological polar surface area (TPSA) is 86.8 Å². The third-order valence-electron chi connectivity index (χ3n) is 5.72. The first-order valence-corrected chi connectivity index (χ1v) is 13.4. The van der Waals surface area contributed by atoms with Crippen molar-refractivity contribution in [2.45, 2.75) is 38.3 Å². The first-order valence-electron chi connectivity index (χ1n) is 11.6. The van der Waals surface area contributed by atoms with Gasteiger partial charge in [0.15, 0.2) is 0 Å². The Balaban J connectivity index is 2.01. The average molecular weight is 528 g/mol. The summed E-state index contributed by atoms with van der Waals surface area (Å²) in [6.45, 7) is 5.41. The van der Waals surface area contributed by atoms with Crippen LogP contribution >= 0.6 is 11.6 Å². The molecule has 0 fully saturated rings. The van der Waals surface area contributed by atoms with Crippen molar-refractivity contribution in [2.24, 2.45) is 0 Å². The number of rotatable bonds is 10. The van der Waals surface area contributed by atoms with E-state index in [9.17, 15) is 18.0 Å². The predicted octanol–water partition coefficient (Wildman–Crippen LogP) is 4.40. The van der Waals surface area contributed by atoms with Gasteiger partial charge in [0.1, 0.15) is 12.6 Å². The Kier molecular flexibility index (Phi) is 9.12. The zero-order valence-electron chi connectivity index (χ0n) is 20.5. The van der Waals surface area contributed by atoms with Crippen LogP contribution in [0.3, 0.4) is 0 Å². The predicted molar refractivity (Wildman–Crippen MR) is 142 cm³/mol. The van der Waals surface area contributed by atoms with Gasteiger partial charge in [-0.05, 0) is 62.7 Å². The largest absolute Gasteiger partial charge is 0.355 e. The molecule has 0 heterocycles. The molecular weight excluding hydrogens is 498 g/mol. The van der Waals surface area contributed by atoms with Gasteiger partial charge in [-0.2, -0.15) is 0 Å². The van der Waals surface area contributed by atoms with Gasteiger partial charge in [0, 0.05) is 18.1 Å². The Morgan fingerprint density at radius 3 is 2.14 bits per heavy atom. The van der Waals surface area contributed by atoms with Crippen LogP contribution < -0.4 is 9.62 Å². The standard InChI is InChI=1S/C27H30ClN3O4S/c1-4-29-27(33)21(3)30(18-22-8-6-5-7-9-22)26(32)19-31(24-14-10-20(2)11-15-24)36(34,35)25-16-12-23(28)13-17-25/h5-17,21H,4,18-19H2,1-3H3,(H,29,33)/t21-/m0/s1. The van der Waals surface area contributed by atoms with Gasteiger partial charge in [0.25, 0.3) is 10.0 Å². The van der Waals surface area contributed by atoms with Gasteiger partial charge in [0.2, 0.25) is 11.8 Å². The maximum atomic E-state index is 13.7. The van der Waals surface area contributed by atoms with Crippen molar-refractivity contribution >= 4 is 39.1 Å². The molecule has 0 aliphatic heterocycles. The molecule has 2 amide bonds. The minimum Gasteiger partial charge on any atom is -0.355 e. The normalized spacial score (nSPS) is 12.0. The van der Waals surface area contributed by atoms with E-state index in [0.717, 1.165) is 15.4 Å². The van der Waals surface area contributed by atoms with Gasteiger partial charge in [0.05, 0.1) is 10.6 Å². The quantitative estimate of drug-likeness (QED) is 0.423. The molecule has 1 atom stereocenters. The lowest BCUT2D eigenvalue weighted by atomic mass is 10.1. The molecule has 36 heavy (non-hydrogen) atoms. The smallest absolute Gasteiger partial charge is 0.264 e. The Morgan fingerprint density at radius 2 is 1.56 bits per heavy atom. The molecule has 0 saturated heterocycles. The van der Waals surface area contributed by atoms with Crippen LogP contribution in [-0.4, -0.2) is 44.3 Å². The Labute approximate surface area is 217 Å². The van der Waals surface area contributed by atoms with Crippen molar-refractivity contribution in [1.29, 1.82) is 0 Å². The summed E-state index contributed by atoms with van der Waals surface area (Å²) in [5, 5.41) is 3.14. The molecule has 0 spiro atoms. The summed E-state index contributed by atoms with van der Waals surface area (Å²) in [7, 11) is -4.11. The fraction of sp³-hybridized carbons (Fsp3) is 0.259. The van der Waals surface area contributed by atoms with E-state index in [0.29, 0.717) is 17.3 Å². The first-order chi connectivity index (χ1) is 17.1. The molecule has 0 bridgehead atoms. The lowest BCUT2D eigenvalue weighted by molar-refractivity contribution is -0.139. The summed E-state index contributed by atoms with van der Waals surface area (Å²) in [5.41, 5.74) is 2.11. The second kappa shape index (κ2) is 12.1. The number of hydrogen-bond donors (Lipinski definition) is 1. The highest BCUT2D eigenvalue weighted by Crippen LogP contribution is 2.26. The van der Waals surface area contributed by atoms with E-state index in [-0.39, 0.29) is 17.3 Å². The van der Waals surface area contributed by atoms with Crippen molar-refractivity contribution in [2.75, 3.05) is 17.4 Å². The van der Waals surface area contributed by atoms with Crippen molar-refractivity contribution in [3.8, 4) is 0 Å². The molecule has 0 saturated carbocycles. The van der Waals surface area contributed by atoms with Crippen LogP contribution in [0.25, 0.3) is 0 Å². The summed E-state index contributed by atoms with van der Waals surface area (Å²) >= 11 is 5.96. The third-order valence-corrected chi connectivity index (χ3v) is 7.76. The van der Waals surface area contributed by atoms with Crippen LogP contribution in [0.4, 0.5) is 5.69 Å². The van der Waals surface area contributed by atoms with Crippen LogP contribution in [0, 0.1) is 6.92 Å². The van der Waals surface area contributed by atoms with Crippen molar-refractivity contribution in [1.82, 2.24) is 10.2 Å². The Morgan fingerprint density at radius 1 is 0.944 bits per heavy atom. The van der Waals surface area contributed by atoms with Crippen LogP contribution in [0.1, 0.15) is 25.0 Å². The molecule has 3 aromatic rings. The number of carbonyl (C=O) groups excluding carboxylic acids is 2.